The minimum absolute atomic E-state index is 0.159. The molecule has 1 aliphatic heterocycles. The second-order valence-electron chi connectivity index (χ2n) is 10.5. The predicted molar refractivity (Wildman–Crippen MR) is 133 cm³/mol. The fourth-order valence-electron chi connectivity index (χ4n) is 4.78. The van der Waals surface area contributed by atoms with Gasteiger partial charge in [-0.25, -0.2) is 4.79 Å². The fourth-order valence-corrected chi connectivity index (χ4v) is 4.78. The number of hydrogen-bond donors (Lipinski definition) is 2. The van der Waals surface area contributed by atoms with E-state index in [9.17, 15) is 24.4 Å². The highest BCUT2D eigenvalue weighted by Crippen LogP contribution is 2.38. The minimum Gasteiger partial charge on any atom is -0.329 e. The van der Waals surface area contributed by atoms with Crippen LogP contribution in [0.4, 0.5) is 10.5 Å². The van der Waals surface area contributed by atoms with Gasteiger partial charge in [0.15, 0.2) is 0 Å². The van der Waals surface area contributed by atoms with E-state index in [4.69, 9.17) is 0 Å². The second-order valence-corrected chi connectivity index (χ2v) is 10.5. The number of urea groups is 1. The topological polar surface area (TPSA) is 123 Å². The van der Waals surface area contributed by atoms with Crippen molar-refractivity contribution in [1.29, 1.82) is 5.26 Å². The van der Waals surface area contributed by atoms with Crippen molar-refractivity contribution < 1.29 is 19.2 Å². The third-order valence-corrected chi connectivity index (χ3v) is 6.74. The number of fused-ring (bicyclic) bond motifs is 1. The van der Waals surface area contributed by atoms with Crippen molar-refractivity contribution >= 4 is 29.4 Å². The van der Waals surface area contributed by atoms with Gasteiger partial charge >= 0.3 is 6.03 Å². The van der Waals surface area contributed by atoms with Gasteiger partial charge < -0.3 is 15.1 Å². The van der Waals surface area contributed by atoms with E-state index in [0.29, 0.717) is 24.1 Å². The molecule has 5 amide bonds. The summed E-state index contributed by atoms with van der Waals surface area (Å²) in [5.74, 6) is -0.855. The maximum Gasteiger partial charge on any atom is 0.324 e. The molecular formula is C27H29N5O4. The molecule has 1 spiro atoms. The maximum atomic E-state index is 13.1. The van der Waals surface area contributed by atoms with E-state index in [2.05, 4.69) is 16.7 Å². The maximum absolute atomic E-state index is 13.1. The first kappa shape index (κ1) is 24.9. The predicted octanol–water partition coefficient (Wildman–Crippen LogP) is 2.59. The minimum atomic E-state index is -0.935. The number of nitrogens with zero attached hydrogens (tertiary/aromatic N) is 3. The van der Waals surface area contributed by atoms with Crippen molar-refractivity contribution in [3.8, 4) is 6.07 Å². The number of rotatable bonds is 5. The lowest BCUT2D eigenvalue weighted by molar-refractivity contribution is -0.142. The molecule has 0 aromatic heterocycles. The standard InChI is InChI=1S/C27H29N5O4/c1-26(2,3)24(35)32(15-18-7-5-6-17(10-18)14-28)16-22(33)29-21-9-8-19-12-27(13-20(19)11-21)23(34)30-25(36)31(27)4/h5-11H,12-13,15-16H2,1-4H3,(H,29,33)(H,30,34,36). The summed E-state index contributed by atoms with van der Waals surface area (Å²) in [6.45, 7) is 5.42. The number of amides is 5. The SMILES string of the molecule is CN1C(=O)NC(=O)C12Cc1ccc(NC(=O)CN(Cc3cccc(C#N)c3)C(=O)C(C)(C)C)cc1C2. The zero-order valence-corrected chi connectivity index (χ0v) is 20.8. The molecule has 0 radical (unpaired) electrons. The van der Waals surface area contributed by atoms with Gasteiger partial charge in [-0.2, -0.15) is 5.26 Å². The van der Waals surface area contributed by atoms with Gasteiger partial charge in [0.2, 0.25) is 11.8 Å². The Morgan fingerprint density at radius 2 is 1.86 bits per heavy atom. The van der Waals surface area contributed by atoms with Crippen LogP contribution in [0.25, 0.3) is 0 Å². The van der Waals surface area contributed by atoms with Crippen LogP contribution in [0.3, 0.4) is 0 Å². The van der Waals surface area contributed by atoms with E-state index in [1.54, 1.807) is 52.1 Å². The largest absolute Gasteiger partial charge is 0.329 e. The molecule has 1 aliphatic carbocycles. The van der Waals surface area contributed by atoms with Gasteiger partial charge in [0.1, 0.15) is 12.1 Å². The first-order valence-corrected chi connectivity index (χ1v) is 11.7. The number of nitrogens with one attached hydrogen (secondary N) is 2. The van der Waals surface area contributed by atoms with E-state index in [0.717, 1.165) is 16.7 Å². The Morgan fingerprint density at radius 1 is 1.14 bits per heavy atom. The Kier molecular flexibility index (Phi) is 6.31. The van der Waals surface area contributed by atoms with Gasteiger partial charge in [-0.3, -0.25) is 19.7 Å². The molecule has 1 heterocycles. The molecule has 36 heavy (non-hydrogen) atoms. The smallest absolute Gasteiger partial charge is 0.324 e. The van der Waals surface area contributed by atoms with Gasteiger partial charge in [-0.05, 0) is 41.0 Å². The molecule has 1 atom stereocenters. The van der Waals surface area contributed by atoms with Crippen molar-refractivity contribution in [3.05, 3.63) is 64.7 Å². The zero-order chi connectivity index (χ0) is 26.3. The van der Waals surface area contributed by atoms with Crippen LogP contribution >= 0.6 is 0 Å². The van der Waals surface area contributed by atoms with Gasteiger partial charge in [-0.1, -0.05) is 39.0 Å². The van der Waals surface area contributed by atoms with Crippen molar-refractivity contribution in [3.63, 3.8) is 0 Å². The molecule has 2 aromatic rings. The first-order valence-electron chi connectivity index (χ1n) is 11.7. The summed E-state index contributed by atoms with van der Waals surface area (Å²) < 4.78 is 0. The monoisotopic (exact) mass is 487 g/mol. The summed E-state index contributed by atoms with van der Waals surface area (Å²) in [6.07, 6.45) is 0.782. The van der Waals surface area contributed by atoms with E-state index >= 15 is 0 Å². The van der Waals surface area contributed by atoms with Gasteiger partial charge in [0.25, 0.3) is 5.91 Å². The van der Waals surface area contributed by atoms with Crippen LogP contribution in [0, 0.1) is 16.7 Å². The Labute approximate surface area is 210 Å². The molecule has 2 aromatic carbocycles. The van der Waals surface area contributed by atoms with E-state index in [1.165, 1.54) is 9.80 Å². The lowest BCUT2D eigenvalue weighted by Gasteiger charge is -2.29. The lowest BCUT2D eigenvalue weighted by Crippen LogP contribution is -2.48. The molecule has 2 aliphatic rings. The molecule has 9 nitrogen and oxygen atoms in total. The van der Waals surface area contributed by atoms with Crippen LogP contribution in [0.2, 0.25) is 0 Å². The molecule has 186 valence electrons. The summed E-state index contributed by atoms with van der Waals surface area (Å²) >= 11 is 0. The number of imide groups is 1. The van der Waals surface area contributed by atoms with Crippen molar-refractivity contribution in [2.45, 2.75) is 45.7 Å². The van der Waals surface area contributed by atoms with Crippen molar-refractivity contribution in [2.24, 2.45) is 5.41 Å². The molecule has 1 unspecified atom stereocenters. The van der Waals surface area contributed by atoms with E-state index < -0.39 is 17.0 Å². The van der Waals surface area contributed by atoms with Crippen LogP contribution in [0.5, 0.6) is 0 Å². The molecule has 4 rings (SSSR count). The number of nitriles is 1. The third-order valence-electron chi connectivity index (χ3n) is 6.74. The summed E-state index contributed by atoms with van der Waals surface area (Å²) in [5.41, 5.74) is 2.01. The number of hydrogen-bond acceptors (Lipinski definition) is 5. The average Bonchev–Trinajstić information content (AvgIpc) is 3.30. The first-order chi connectivity index (χ1) is 16.9. The summed E-state index contributed by atoms with van der Waals surface area (Å²) in [7, 11) is 1.61. The highest BCUT2D eigenvalue weighted by Gasteiger charge is 2.54. The molecule has 0 bridgehead atoms. The van der Waals surface area contributed by atoms with Gasteiger partial charge in [0, 0.05) is 37.5 Å². The van der Waals surface area contributed by atoms with Crippen molar-refractivity contribution in [1.82, 2.24) is 15.1 Å². The summed E-state index contributed by atoms with van der Waals surface area (Å²) in [6, 6.07) is 14.1. The van der Waals surface area contributed by atoms with Crippen LogP contribution in [0.15, 0.2) is 42.5 Å². The van der Waals surface area contributed by atoms with Gasteiger partial charge in [-0.15, -0.1) is 0 Å². The fraction of sp³-hybridized carbons (Fsp3) is 0.370. The summed E-state index contributed by atoms with van der Waals surface area (Å²) in [5, 5.41) is 14.4. The molecule has 0 saturated carbocycles. The van der Waals surface area contributed by atoms with E-state index in [-0.39, 0.29) is 30.8 Å². The van der Waals surface area contributed by atoms with Crippen molar-refractivity contribution in [2.75, 3.05) is 18.9 Å². The number of benzene rings is 2. The van der Waals surface area contributed by atoms with Crippen LogP contribution in [0.1, 0.15) is 43.0 Å². The highest BCUT2D eigenvalue weighted by atomic mass is 16.2. The molecule has 1 saturated heterocycles. The molecule has 9 heteroatoms. The number of carbonyl (C=O) groups excluding carboxylic acids is 4. The number of anilines is 1. The molecule has 2 N–H and O–H groups in total. The Bertz CT molecular complexity index is 1310. The van der Waals surface area contributed by atoms with Gasteiger partial charge in [0.05, 0.1) is 11.6 Å². The molecule has 1 fully saturated rings. The normalized spacial score (nSPS) is 18.6. The highest BCUT2D eigenvalue weighted by molar-refractivity contribution is 6.07. The zero-order valence-electron chi connectivity index (χ0n) is 20.8. The number of likely N-dealkylation sites (N-methyl/N-ethyl adjacent to an activating group) is 1. The quantitative estimate of drug-likeness (QED) is 0.628. The van der Waals surface area contributed by atoms with E-state index in [1.807, 2.05) is 18.2 Å². The Morgan fingerprint density at radius 3 is 2.50 bits per heavy atom. The second kappa shape index (κ2) is 9.11. The van der Waals surface area contributed by atoms with Crippen LogP contribution in [-0.4, -0.2) is 52.7 Å². The Hall–Kier alpha value is -4.19. The summed E-state index contributed by atoms with van der Waals surface area (Å²) in [4.78, 5) is 53.5. The Balaban J connectivity index is 1.49. The lowest BCUT2D eigenvalue weighted by atomic mass is 9.94. The number of carbonyl (C=O) groups is 4. The average molecular weight is 488 g/mol. The van der Waals surface area contributed by atoms with Crippen LogP contribution in [-0.2, 0) is 33.8 Å². The molecular weight excluding hydrogens is 458 g/mol. The van der Waals surface area contributed by atoms with Crippen LogP contribution < -0.4 is 10.6 Å². The third kappa shape index (κ3) is 4.67.